The fourth-order valence-electron chi connectivity index (χ4n) is 2.70. The first kappa shape index (κ1) is 16.1. The van der Waals surface area contributed by atoms with Gasteiger partial charge in [-0.2, -0.15) is 5.10 Å². The Balaban J connectivity index is 1.75. The Kier molecular flexibility index (Phi) is 4.55. The number of nitrogens with one attached hydrogen (secondary N) is 2. The van der Waals surface area contributed by atoms with Crippen LogP contribution in [-0.2, 0) is 6.42 Å². The predicted octanol–water partition coefficient (Wildman–Crippen LogP) is 3.23. The lowest BCUT2D eigenvalue weighted by atomic mass is 10.1. The van der Waals surface area contributed by atoms with Crippen LogP contribution < -0.4 is 5.32 Å². The van der Waals surface area contributed by atoms with E-state index in [9.17, 15) is 0 Å². The van der Waals surface area contributed by atoms with Crippen molar-refractivity contribution in [1.82, 2.24) is 25.1 Å². The van der Waals surface area contributed by atoms with Crippen LogP contribution in [0.25, 0.3) is 11.3 Å². The molecule has 0 bridgehead atoms. The molecule has 0 amide bonds. The van der Waals surface area contributed by atoms with Gasteiger partial charge in [0.2, 0.25) is 5.95 Å². The molecule has 3 aromatic heterocycles. The van der Waals surface area contributed by atoms with Gasteiger partial charge in [0.15, 0.2) is 0 Å². The number of nitrogens with zero attached hydrogens (tertiary/aromatic N) is 4. The van der Waals surface area contributed by atoms with Gasteiger partial charge in [0.25, 0.3) is 0 Å². The first-order valence-electron chi connectivity index (χ1n) is 8.06. The fraction of sp³-hybridized carbons (Fsp3) is 0.333. The second-order valence-corrected chi connectivity index (χ2v) is 6.14. The number of hydrogen-bond acceptors (Lipinski definition) is 5. The highest BCUT2D eigenvalue weighted by Crippen LogP contribution is 2.21. The molecule has 0 aliphatic carbocycles. The van der Waals surface area contributed by atoms with Gasteiger partial charge in [0, 0.05) is 41.3 Å². The standard InChI is InChI=1S/C18H22N6/c1-11-5-6-16(14(4)20-11)17-7-8-19-18(22-17)21-12(2)9-15-10-13(3)23-24-15/h5-8,10,12H,9H2,1-4H3,(H,23,24)(H,19,21,22)/t12-/m0/s1. The molecule has 1 atom stereocenters. The number of pyridine rings is 1. The van der Waals surface area contributed by atoms with E-state index in [2.05, 4.69) is 49.5 Å². The van der Waals surface area contributed by atoms with Crippen LogP contribution in [0, 0.1) is 20.8 Å². The summed E-state index contributed by atoms with van der Waals surface area (Å²) in [6, 6.07) is 8.20. The predicted molar refractivity (Wildman–Crippen MR) is 94.9 cm³/mol. The van der Waals surface area contributed by atoms with Gasteiger partial charge in [-0.1, -0.05) is 0 Å². The molecule has 0 aliphatic rings. The van der Waals surface area contributed by atoms with Crippen molar-refractivity contribution in [3.63, 3.8) is 0 Å². The maximum absolute atomic E-state index is 4.63. The number of anilines is 1. The van der Waals surface area contributed by atoms with Crippen molar-refractivity contribution < 1.29 is 0 Å². The van der Waals surface area contributed by atoms with Gasteiger partial charge in [-0.15, -0.1) is 0 Å². The van der Waals surface area contributed by atoms with Crippen LogP contribution in [0.1, 0.15) is 29.7 Å². The van der Waals surface area contributed by atoms with Crippen molar-refractivity contribution >= 4 is 5.95 Å². The summed E-state index contributed by atoms with van der Waals surface area (Å²) in [6.07, 6.45) is 2.58. The molecule has 124 valence electrons. The number of aryl methyl sites for hydroxylation is 3. The Labute approximate surface area is 141 Å². The maximum Gasteiger partial charge on any atom is 0.223 e. The maximum atomic E-state index is 4.63. The summed E-state index contributed by atoms with van der Waals surface area (Å²) in [6.45, 7) is 8.08. The summed E-state index contributed by atoms with van der Waals surface area (Å²) in [5.41, 5.74) is 5.98. The van der Waals surface area contributed by atoms with E-state index < -0.39 is 0 Å². The fourth-order valence-corrected chi connectivity index (χ4v) is 2.70. The van der Waals surface area contributed by atoms with Crippen LogP contribution in [0.4, 0.5) is 5.95 Å². The Morgan fingerprint density at radius 2 is 1.96 bits per heavy atom. The monoisotopic (exact) mass is 322 g/mol. The number of rotatable bonds is 5. The molecule has 0 radical (unpaired) electrons. The Bertz CT molecular complexity index is 839. The first-order chi connectivity index (χ1) is 11.5. The largest absolute Gasteiger partial charge is 0.351 e. The zero-order chi connectivity index (χ0) is 17.1. The molecule has 6 heteroatoms. The minimum atomic E-state index is 0.181. The van der Waals surface area contributed by atoms with Crippen molar-refractivity contribution in [2.24, 2.45) is 0 Å². The van der Waals surface area contributed by atoms with Gasteiger partial charge in [0.1, 0.15) is 0 Å². The van der Waals surface area contributed by atoms with Crippen LogP contribution in [0.2, 0.25) is 0 Å². The van der Waals surface area contributed by atoms with Gasteiger partial charge in [-0.05, 0) is 52.0 Å². The van der Waals surface area contributed by atoms with Gasteiger partial charge < -0.3 is 5.32 Å². The lowest BCUT2D eigenvalue weighted by Gasteiger charge is -2.13. The number of hydrogen-bond donors (Lipinski definition) is 2. The van der Waals surface area contributed by atoms with E-state index in [4.69, 9.17) is 0 Å². The molecule has 24 heavy (non-hydrogen) atoms. The molecule has 3 rings (SSSR count). The lowest BCUT2D eigenvalue weighted by Crippen LogP contribution is -2.20. The van der Waals surface area contributed by atoms with E-state index in [-0.39, 0.29) is 6.04 Å². The molecule has 0 aromatic carbocycles. The van der Waals surface area contributed by atoms with Crippen molar-refractivity contribution in [1.29, 1.82) is 0 Å². The van der Waals surface area contributed by atoms with Crippen LogP contribution in [-0.4, -0.2) is 31.2 Å². The second-order valence-electron chi connectivity index (χ2n) is 6.14. The number of H-pyrrole nitrogens is 1. The van der Waals surface area contributed by atoms with E-state index >= 15 is 0 Å². The van der Waals surface area contributed by atoms with Crippen LogP contribution >= 0.6 is 0 Å². The molecule has 2 N–H and O–H groups in total. The van der Waals surface area contributed by atoms with Crippen LogP contribution in [0.5, 0.6) is 0 Å². The Hall–Kier alpha value is -2.76. The van der Waals surface area contributed by atoms with E-state index in [0.717, 1.165) is 40.5 Å². The minimum absolute atomic E-state index is 0.181. The van der Waals surface area contributed by atoms with Crippen LogP contribution in [0.3, 0.4) is 0 Å². The summed E-state index contributed by atoms with van der Waals surface area (Å²) < 4.78 is 0. The summed E-state index contributed by atoms with van der Waals surface area (Å²) in [5, 5.41) is 10.6. The van der Waals surface area contributed by atoms with Crippen molar-refractivity contribution in [2.45, 2.75) is 40.2 Å². The van der Waals surface area contributed by atoms with Crippen molar-refractivity contribution in [3.05, 3.63) is 53.2 Å². The molecule has 0 spiro atoms. The molecule has 0 aliphatic heterocycles. The lowest BCUT2D eigenvalue weighted by molar-refractivity contribution is 0.754. The Morgan fingerprint density at radius 1 is 1.12 bits per heavy atom. The zero-order valence-corrected chi connectivity index (χ0v) is 14.5. The second kappa shape index (κ2) is 6.78. The van der Waals surface area contributed by atoms with E-state index in [1.54, 1.807) is 6.20 Å². The van der Waals surface area contributed by atoms with Gasteiger partial charge >= 0.3 is 0 Å². The molecule has 0 saturated carbocycles. The summed E-state index contributed by atoms with van der Waals surface area (Å²) in [4.78, 5) is 13.5. The summed E-state index contributed by atoms with van der Waals surface area (Å²) in [5.74, 6) is 0.618. The highest BCUT2D eigenvalue weighted by molar-refractivity contribution is 5.62. The average molecular weight is 322 g/mol. The molecule has 0 saturated heterocycles. The normalized spacial score (nSPS) is 12.2. The quantitative estimate of drug-likeness (QED) is 0.754. The SMILES string of the molecule is Cc1ccc(-c2ccnc(N[C@@H](C)Cc3cc(C)[nH]n3)n2)c(C)n1. The first-order valence-corrected chi connectivity index (χ1v) is 8.06. The van der Waals surface area contributed by atoms with E-state index in [0.29, 0.717) is 5.95 Å². The highest BCUT2D eigenvalue weighted by Gasteiger charge is 2.10. The summed E-state index contributed by atoms with van der Waals surface area (Å²) >= 11 is 0. The van der Waals surface area contributed by atoms with E-state index in [1.807, 2.05) is 32.9 Å². The smallest absolute Gasteiger partial charge is 0.223 e. The molecule has 0 unspecified atom stereocenters. The molecule has 3 heterocycles. The zero-order valence-electron chi connectivity index (χ0n) is 14.5. The minimum Gasteiger partial charge on any atom is -0.351 e. The molecular formula is C18H22N6. The van der Waals surface area contributed by atoms with Gasteiger partial charge in [-0.25, -0.2) is 9.97 Å². The molecule has 0 fully saturated rings. The third kappa shape index (κ3) is 3.76. The van der Waals surface area contributed by atoms with Crippen LogP contribution in [0.15, 0.2) is 30.5 Å². The molecule has 3 aromatic rings. The average Bonchev–Trinajstić information content (AvgIpc) is 2.92. The topological polar surface area (TPSA) is 79.4 Å². The van der Waals surface area contributed by atoms with E-state index in [1.165, 1.54) is 0 Å². The third-order valence-electron chi connectivity index (χ3n) is 3.81. The number of aromatic nitrogens is 5. The van der Waals surface area contributed by atoms with Gasteiger partial charge in [0.05, 0.1) is 11.4 Å². The molecule has 6 nitrogen and oxygen atoms in total. The Morgan fingerprint density at radius 3 is 2.67 bits per heavy atom. The summed E-state index contributed by atoms with van der Waals surface area (Å²) in [7, 11) is 0. The number of aromatic amines is 1. The highest BCUT2D eigenvalue weighted by atomic mass is 15.1. The molecular weight excluding hydrogens is 300 g/mol. The third-order valence-corrected chi connectivity index (χ3v) is 3.81. The van der Waals surface area contributed by atoms with Gasteiger partial charge in [-0.3, -0.25) is 10.1 Å². The van der Waals surface area contributed by atoms with Crippen molar-refractivity contribution in [3.8, 4) is 11.3 Å². The van der Waals surface area contributed by atoms with Crippen molar-refractivity contribution in [2.75, 3.05) is 5.32 Å².